The van der Waals surface area contributed by atoms with E-state index in [1.54, 1.807) is 0 Å². The van der Waals surface area contributed by atoms with E-state index >= 15 is 0 Å². The number of sulfone groups is 1. The molecule has 1 rings (SSSR count). The minimum atomic E-state index is -3.44. The summed E-state index contributed by atoms with van der Waals surface area (Å²) in [5.41, 5.74) is -0.0378. The van der Waals surface area contributed by atoms with E-state index in [9.17, 15) is 13.2 Å². The Hall–Kier alpha value is -0.880. The molecule has 0 radical (unpaired) electrons. The molecule has 0 saturated carbocycles. The van der Waals surface area contributed by atoms with E-state index in [-0.39, 0.29) is 22.1 Å². The van der Waals surface area contributed by atoms with Gasteiger partial charge >= 0.3 is 5.97 Å². The first-order valence-electron chi connectivity index (χ1n) is 6.03. The second-order valence-corrected chi connectivity index (χ2v) is 7.51. The van der Waals surface area contributed by atoms with Gasteiger partial charge in [0, 0.05) is 4.47 Å². The molecule has 6 heteroatoms. The van der Waals surface area contributed by atoms with Gasteiger partial charge in [0.1, 0.15) is 0 Å². The Balaban J connectivity index is 3.08. The average Bonchev–Trinajstić information content (AvgIpc) is 2.28. The zero-order valence-electron chi connectivity index (χ0n) is 10.9. The van der Waals surface area contributed by atoms with Crippen LogP contribution in [0.25, 0.3) is 0 Å². The molecule has 1 unspecified atom stereocenters. The summed E-state index contributed by atoms with van der Waals surface area (Å²) in [6.45, 7) is 3.89. The molecule has 0 spiro atoms. The summed E-state index contributed by atoms with van der Waals surface area (Å²) < 4.78 is 24.8. The van der Waals surface area contributed by atoms with Crippen molar-refractivity contribution < 1.29 is 18.3 Å². The van der Waals surface area contributed by atoms with Gasteiger partial charge in [-0.1, -0.05) is 20.3 Å². The van der Waals surface area contributed by atoms with Crippen molar-refractivity contribution in [1.29, 1.82) is 0 Å². The quantitative estimate of drug-likeness (QED) is 0.855. The molecule has 0 aliphatic rings. The van der Waals surface area contributed by atoms with Crippen molar-refractivity contribution in [2.24, 2.45) is 5.92 Å². The highest BCUT2D eigenvalue weighted by Gasteiger charge is 2.20. The minimum absolute atomic E-state index is 0.0378. The summed E-state index contributed by atoms with van der Waals surface area (Å²) in [5, 5.41) is 9.00. The zero-order valence-corrected chi connectivity index (χ0v) is 13.3. The molecular formula is C13H17BrO4S. The Labute approximate surface area is 121 Å². The Morgan fingerprint density at radius 3 is 2.58 bits per heavy atom. The number of benzene rings is 1. The SMILES string of the molecule is CCCC(C)CS(=O)(=O)c1ccc(Br)c(C(=O)O)c1. The molecule has 1 aromatic rings. The molecule has 0 heterocycles. The number of aromatic carboxylic acids is 1. The van der Waals surface area contributed by atoms with Gasteiger partial charge in [-0.3, -0.25) is 0 Å². The van der Waals surface area contributed by atoms with E-state index < -0.39 is 15.8 Å². The number of carboxylic acids is 1. The second-order valence-electron chi connectivity index (χ2n) is 4.62. The highest BCUT2D eigenvalue weighted by Crippen LogP contribution is 2.23. The van der Waals surface area contributed by atoms with Crippen LogP contribution in [-0.2, 0) is 9.84 Å². The van der Waals surface area contributed by atoms with Crippen LogP contribution in [0.4, 0.5) is 0 Å². The van der Waals surface area contributed by atoms with Gasteiger partial charge in [-0.15, -0.1) is 0 Å². The van der Waals surface area contributed by atoms with Crippen LogP contribution in [0.1, 0.15) is 37.0 Å². The maximum absolute atomic E-state index is 12.2. The Bertz CT molecular complexity index is 566. The summed E-state index contributed by atoms with van der Waals surface area (Å²) in [6.07, 6.45) is 1.76. The lowest BCUT2D eigenvalue weighted by Gasteiger charge is -2.11. The maximum atomic E-state index is 12.2. The van der Waals surface area contributed by atoms with Crippen LogP contribution in [0, 0.1) is 5.92 Å². The van der Waals surface area contributed by atoms with Gasteiger partial charge in [-0.25, -0.2) is 13.2 Å². The molecule has 0 aliphatic heterocycles. The van der Waals surface area contributed by atoms with Crippen molar-refractivity contribution in [2.75, 3.05) is 5.75 Å². The summed E-state index contributed by atoms with van der Waals surface area (Å²) in [5.74, 6) is -1.04. The van der Waals surface area contributed by atoms with E-state index in [1.807, 2.05) is 13.8 Å². The van der Waals surface area contributed by atoms with Crippen LogP contribution in [0.2, 0.25) is 0 Å². The summed E-state index contributed by atoms with van der Waals surface area (Å²) in [6, 6.07) is 4.10. The third-order valence-corrected chi connectivity index (χ3v) is 5.48. The lowest BCUT2D eigenvalue weighted by Crippen LogP contribution is -2.14. The first kappa shape index (κ1) is 16.2. The van der Waals surface area contributed by atoms with Gasteiger partial charge in [0.2, 0.25) is 0 Å². The molecule has 1 aromatic carbocycles. The molecule has 0 saturated heterocycles. The van der Waals surface area contributed by atoms with Crippen molar-refractivity contribution in [3.8, 4) is 0 Å². The number of hydrogen-bond donors (Lipinski definition) is 1. The van der Waals surface area contributed by atoms with E-state index in [0.717, 1.165) is 12.8 Å². The Morgan fingerprint density at radius 2 is 2.05 bits per heavy atom. The largest absolute Gasteiger partial charge is 0.478 e. The maximum Gasteiger partial charge on any atom is 0.336 e. The molecule has 4 nitrogen and oxygen atoms in total. The zero-order chi connectivity index (χ0) is 14.6. The lowest BCUT2D eigenvalue weighted by molar-refractivity contribution is 0.0695. The fourth-order valence-corrected chi connectivity index (χ4v) is 4.01. The van der Waals surface area contributed by atoms with Crippen molar-refractivity contribution in [3.05, 3.63) is 28.2 Å². The number of carbonyl (C=O) groups is 1. The molecule has 0 aromatic heterocycles. The number of rotatable bonds is 6. The van der Waals surface area contributed by atoms with Crippen molar-refractivity contribution in [1.82, 2.24) is 0 Å². The van der Waals surface area contributed by atoms with Crippen LogP contribution in [0.15, 0.2) is 27.6 Å². The summed E-state index contributed by atoms with van der Waals surface area (Å²) in [7, 11) is -3.44. The molecule has 106 valence electrons. The highest BCUT2D eigenvalue weighted by molar-refractivity contribution is 9.10. The Morgan fingerprint density at radius 1 is 1.42 bits per heavy atom. The fourth-order valence-electron chi connectivity index (χ4n) is 1.91. The molecule has 0 fully saturated rings. The van der Waals surface area contributed by atoms with Gasteiger partial charge in [0.15, 0.2) is 9.84 Å². The highest BCUT2D eigenvalue weighted by atomic mass is 79.9. The molecule has 1 N–H and O–H groups in total. The number of hydrogen-bond acceptors (Lipinski definition) is 3. The van der Waals surface area contributed by atoms with E-state index in [0.29, 0.717) is 4.47 Å². The van der Waals surface area contributed by atoms with Crippen LogP contribution in [0.5, 0.6) is 0 Å². The van der Waals surface area contributed by atoms with Crippen LogP contribution in [-0.4, -0.2) is 25.2 Å². The molecule has 0 bridgehead atoms. The van der Waals surface area contributed by atoms with E-state index in [4.69, 9.17) is 5.11 Å². The lowest BCUT2D eigenvalue weighted by atomic mass is 10.1. The topological polar surface area (TPSA) is 71.4 Å². The third-order valence-electron chi connectivity index (χ3n) is 2.81. The van der Waals surface area contributed by atoms with Gasteiger partial charge in [-0.2, -0.15) is 0 Å². The summed E-state index contributed by atoms with van der Waals surface area (Å²) in [4.78, 5) is 11.1. The summed E-state index contributed by atoms with van der Waals surface area (Å²) >= 11 is 3.10. The molecule has 19 heavy (non-hydrogen) atoms. The van der Waals surface area contributed by atoms with Gasteiger partial charge in [0.25, 0.3) is 0 Å². The normalized spacial score (nSPS) is 13.2. The predicted octanol–water partition coefficient (Wildman–Crippen LogP) is 3.36. The predicted molar refractivity (Wildman–Crippen MR) is 77.2 cm³/mol. The van der Waals surface area contributed by atoms with Gasteiger partial charge in [0.05, 0.1) is 16.2 Å². The minimum Gasteiger partial charge on any atom is -0.478 e. The Kier molecular flexibility index (Phi) is 5.55. The van der Waals surface area contributed by atoms with Crippen LogP contribution in [0.3, 0.4) is 0 Å². The van der Waals surface area contributed by atoms with Gasteiger partial charge < -0.3 is 5.11 Å². The first-order chi connectivity index (χ1) is 8.77. The molecular weight excluding hydrogens is 332 g/mol. The molecule has 1 atom stereocenters. The monoisotopic (exact) mass is 348 g/mol. The van der Waals surface area contributed by atoms with E-state index in [2.05, 4.69) is 15.9 Å². The van der Waals surface area contributed by atoms with E-state index in [1.165, 1.54) is 18.2 Å². The molecule has 0 aliphatic carbocycles. The van der Waals surface area contributed by atoms with Crippen molar-refractivity contribution in [3.63, 3.8) is 0 Å². The number of carboxylic acid groups (broad SMARTS) is 1. The van der Waals surface area contributed by atoms with Crippen LogP contribution >= 0.6 is 15.9 Å². The average molecular weight is 349 g/mol. The smallest absolute Gasteiger partial charge is 0.336 e. The van der Waals surface area contributed by atoms with Gasteiger partial charge in [-0.05, 0) is 46.5 Å². The first-order valence-corrected chi connectivity index (χ1v) is 8.48. The third kappa shape index (κ3) is 4.31. The standard InChI is InChI=1S/C13H17BrO4S/c1-3-4-9(2)8-19(17,18)10-5-6-12(14)11(7-10)13(15)16/h5-7,9H,3-4,8H2,1-2H3,(H,15,16). The second kappa shape index (κ2) is 6.52. The fraction of sp³-hybridized carbons (Fsp3) is 0.462. The molecule has 0 amide bonds. The van der Waals surface area contributed by atoms with Crippen molar-refractivity contribution in [2.45, 2.75) is 31.6 Å². The van der Waals surface area contributed by atoms with Crippen molar-refractivity contribution >= 4 is 31.7 Å². The number of halogens is 1. The van der Waals surface area contributed by atoms with Crippen LogP contribution < -0.4 is 0 Å².